The first-order chi connectivity index (χ1) is 14.0. The number of rotatable bonds is 8. The van der Waals surface area contributed by atoms with Crippen molar-refractivity contribution >= 4 is 0 Å². The molecule has 0 N–H and O–H groups in total. The summed E-state index contributed by atoms with van der Waals surface area (Å²) in [6, 6.07) is 0. The molecule has 0 amide bonds. The first-order valence-corrected chi connectivity index (χ1v) is 13.3. The van der Waals surface area contributed by atoms with Crippen LogP contribution in [0.15, 0.2) is 11.6 Å². The van der Waals surface area contributed by atoms with Crippen LogP contribution in [-0.4, -0.2) is 12.7 Å². The number of unbranched alkanes of at least 4 members (excludes halogenated alkanes) is 1. The number of fused-ring (bicyclic) bond motifs is 5. The third-order valence-corrected chi connectivity index (χ3v) is 9.74. The summed E-state index contributed by atoms with van der Waals surface area (Å²) in [7, 11) is 0. The highest BCUT2D eigenvalue weighted by atomic mass is 16.5. The van der Waals surface area contributed by atoms with Crippen molar-refractivity contribution in [3.8, 4) is 0 Å². The van der Waals surface area contributed by atoms with E-state index in [2.05, 4.69) is 33.8 Å². The van der Waals surface area contributed by atoms with E-state index in [-0.39, 0.29) is 0 Å². The van der Waals surface area contributed by atoms with Gasteiger partial charge in [0.25, 0.3) is 0 Å². The molecule has 1 nitrogen and oxygen atoms in total. The van der Waals surface area contributed by atoms with Crippen LogP contribution in [0.3, 0.4) is 0 Å². The zero-order chi connectivity index (χ0) is 20.4. The second-order valence-corrected chi connectivity index (χ2v) is 11.8. The number of allylic oxidation sites excluding steroid dienone is 1. The number of hydrogen-bond acceptors (Lipinski definition) is 1. The van der Waals surface area contributed by atoms with E-state index >= 15 is 0 Å². The first kappa shape index (κ1) is 21.9. The molecular weight excluding hydrogens is 352 g/mol. The normalized spacial score (nSPS) is 41.6. The van der Waals surface area contributed by atoms with Gasteiger partial charge in [-0.05, 0) is 105 Å². The topological polar surface area (TPSA) is 9.23 Å². The molecule has 0 saturated heterocycles. The molecule has 0 bridgehead atoms. The molecular formula is C28H48O. The van der Waals surface area contributed by atoms with E-state index in [1.165, 1.54) is 77.0 Å². The highest BCUT2D eigenvalue weighted by molar-refractivity contribution is 5.20. The molecule has 0 heterocycles. The molecule has 0 aliphatic heterocycles. The molecule has 4 rings (SSSR count). The highest BCUT2D eigenvalue weighted by Crippen LogP contribution is 2.64. The lowest BCUT2D eigenvalue weighted by molar-refractivity contribution is -0.0280. The lowest BCUT2D eigenvalue weighted by Crippen LogP contribution is -2.46. The van der Waals surface area contributed by atoms with Crippen molar-refractivity contribution in [3.05, 3.63) is 11.6 Å². The van der Waals surface area contributed by atoms with Crippen molar-refractivity contribution in [3.63, 3.8) is 0 Å². The minimum absolute atomic E-state index is 0.518. The van der Waals surface area contributed by atoms with E-state index in [0.29, 0.717) is 11.5 Å². The van der Waals surface area contributed by atoms with E-state index in [4.69, 9.17) is 4.74 Å². The Morgan fingerprint density at radius 2 is 1.93 bits per heavy atom. The van der Waals surface area contributed by atoms with Crippen molar-refractivity contribution in [2.24, 2.45) is 40.9 Å². The Morgan fingerprint density at radius 1 is 1.07 bits per heavy atom. The Labute approximate surface area is 181 Å². The number of hydrogen-bond donors (Lipinski definition) is 0. The Morgan fingerprint density at radius 3 is 2.72 bits per heavy atom. The molecule has 4 aliphatic carbocycles. The van der Waals surface area contributed by atoms with Crippen LogP contribution in [0.1, 0.15) is 111 Å². The van der Waals surface area contributed by atoms with Gasteiger partial charge in [-0.3, -0.25) is 0 Å². The molecule has 4 aliphatic rings. The molecule has 29 heavy (non-hydrogen) atoms. The zero-order valence-electron chi connectivity index (χ0n) is 19.9. The van der Waals surface area contributed by atoms with Crippen LogP contribution in [0.4, 0.5) is 0 Å². The predicted octanol–water partition coefficient (Wildman–Crippen LogP) is 8.19. The molecule has 0 aromatic rings. The van der Waals surface area contributed by atoms with Gasteiger partial charge in [0.2, 0.25) is 0 Å². The number of ether oxygens (including phenoxy) is 1. The van der Waals surface area contributed by atoms with Gasteiger partial charge in [-0.2, -0.15) is 0 Å². The van der Waals surface area contributed by atoms with Crippen LogP contribution in [0.5, 0.6) is 0 Å². The molecule has 3 saturated carbocycles. The summed E-state index contributed by atoms with van der Waals surface area (Å²) in [5, 5.41) is 0. The minimum Gasteiger partial charge on any atom is -0.378 e. The third-order valence-electron chi connectivity index (χ3n) is 9.74. The van der Waals surface area contributed by atoms with Crippen LogP contribution in [0, 0.1) is 40.9 Å². The summed E-state index contributed by atoms with van der Waals surface area (Å²) in [5.74, 6) is 5.82. The summed E-state index contributed by atoms with van der Waals surface area (Å²) in [6.07, 6.45) is 21.7. The van der Waals surface area contributed by atoms with E-state index in [1.807, 2.05) is 0 Å². The SMILES string of the molecule is CCCOC1CCC2C(=CCC3C2CCC2(C)C(CCCCC(C)C)CCC32)C1. The van der Waals surface area contributed by atoms with Crippen molar-refractivity contribution < 1.29 is 4.74 Å². The van der Waals surface area contributed by atoms with Gasteiger partial charge >= 0.3 is 0 Å². The fourth-order valence-corrected chi connectivity index (χ4v) is 8.19. The van der Waals surface area contributed by atoms with Crippen LogP contribution in [0.25, 0.3) is 0 Å². The summed E-state index contributed by atoms with van der Waals surface area (Å²) in [6.45, 7) is 10.6. The van der Waals surface area contributed by atoms with Crippen LogP contribution >= 0.6 is 0 Å². The maximum Gasteiger partial charge on any atom is 0.0612 e. The zero-order valence-corrected chi connectivity index (χ0v) is 19.9. The monoisotopic (exact) mass is 400 g/mol. The average Bonchev–Trinajstić information content (AvgIpc) is 3.05. The van der Waals surface area contributed by atoms with Crippen LogP contribution < -0.4 is 0 Å². The molecule has 0 radical (unpaired) electrons. The van der Waals surface area contributed by atoms with Crippen molar-refractivity contribution in [1.82, 2.24) is 0 Å². The van der Waals surface area contributed by atoms with Crippen molar-refractivity contribution in [1.29, 1.82) is 0 Å². The minimum atomic E-state index is 0.518. The van der Waals surface area contributed by atoms with Crippen molar-refractivity contribution in [2.75, 3.05) is 6.61 Å². The standard InChI is InChI=1S/C28H48O/c1-5-18-29-23-12-14-24-21(19-23)10-13-26-25(24)16-17-28(4)22(11-15-27(26)28)9-7-6-8-20(2)3/h10,20,22-27H,5-9,11-19H2,1-4H3. The summed E-state index contributed by atoms with van der Waals surface area (Å²) < 4.78 is 6.14. The summed E-state index contributed by atoms with van der Waals surface area (Å²) >= 11 is 0. The van der Waals surface area contributed by atoms with Gasteiger partial charge in [0.05, 0.1) is 6.10 Å². The van der Waals surface area contributed by atoms with Crippen molar-refractivity contribution in [2.45, 2.75) is 117 Å². The van der Waals surface area contributed by atoms with Gasteiger partial charge in [-0.15, -0.1) is 0 Å². The molecule has 0 aromatic heterocycles. The molecule has 0 spiro atoms. The van der Waals surface area contributed by atoms with Gasteiger partial charge < -0.3 is 4.74 Å². The molecule has 7 unspecified atom stereocenters. The molecule has 0 aromatic carbocycles. The Balaban J connectivity index is 1.37. The van der Waals surface area contributed by atoms with Crippen LogP contribution in [-0.2, 0) is 4.74 Å². The van der Waals surface area contributed by atoms with Gasteiger partial charge in [0.1, 0.15) is 0 Å². The third kappa shape index (κ3) is 4.51. The summed E-state index contributed by atoms with van der Waals surface area (Å²) in [4.78, 5) is 0. The quantitative estimate of drug-likeness (QED) is 0.295. The van der Waals surface area contributed by atoms with E-state index < -0.39 is 0 Å². The van der Waals surface area contributed by atoms with E-state index in [1.54, 1.807) is 5.57 Å². The van der Waals surface area contributed by atoms with Gasteiger partial charge in [-0.1, -0.05) is 58.6 Å². The Hall–Kier alpha value is -0.300. The van der Waals surface area contributed by atoms with E-state index in [0.717, 1.165) is 48.5 Å². The predicted molar refractivity (Wildman–Crippen MR) is 124 cm³/mol. The maximum absolute atomic E-state index is 6.14. The first-order valence-electron chi connectivity index (χ1n) is 13.3. The smallest absolute Gasteiger partial charge is 0.0612 e. The molecule has 166 valence electrons. The highest BCUT2D eigenvalue weighted by Gasteiger charge is 2.55. The van der Waals surface area contributed by atoms with Crippen LogP contribution in [0.2, 0.25) is 0 Å². The Bertz CT molecular complexity index is 563. The van der Waals surface area contributed by atoms with E-state index in [9.17, 15) is 0 Å². The van der Waals surface area contributed by atoms with Gasteiger partial charge in [-0.25, -0.2) is 0 Å². The lowest BCUT2D eigenvalue weighted by atomic mass is 9.51. The fraction of sp³-hybridized carbons (Fsp3) is 0.929. The fourth-order valence-electron chi connectivity index (χ4n) is 8.19. The Kier molecular flexibility index (Phi) is 7.14. The average molecular weight is 401 g/mol. The maximum atomic E-state index is 6.14. The second kappa shape index (κ2) is 9.46. The molecule has 1 heteroatoms. The largest absolute Gasteiger partial charge is 0.378 e. The molecule has 7 atom stereocenters. The second-order valence-electron chi connectivity index (χ2n) is 11.8. The van der Waals surface area contributed by atoms with Gasteiger partial charge in [0.15, 0.2) is 0 Å². The molecule has 3 fully saturated rings. The lowest BCUT2D eigenvalue weighted by Gasteiger charge is -2.54. The van der Waals surface area contributed by atoms with Gasteiger partial charge in [0, 0.05) is 6.61 Å². The summed E-state index contributed by atoms with van der Waals surface area (Å²) in [5.41, 5.74) is 2.46.